The lowest BCUT2D eigenvalue weighted by molar-refractivity contribution is -0.194. The Balaban J connectivity index is 1.01. The number of imidazole rings is 1. The summed E-state index contributed by atoms with van der Waals surface area (Å²) in [6.07, 6.45) is 15.0. The van der Waals surface area contributed by atoms with E-state index in [2.05, 4.69) is 41.3 Å². The van der Waals surface area contributed by atoms with E-state index in [1.165, 1.54) is 12.8 Å². The summed E-state index contributed by atoms with van der Waals surface area (Å²) in [6.45, 7) is 9.40. The molecule has 49 heavy (non-hydrogen) atoms. The number of esters is 1. The molecule has 5 aliphatic carbocycles. The highest BCUT2D eigenvalue weighted by Crippen LogP contribution is 2.71. The van der Waals surface area contributed by atoms with E-state index in [0.29, 0.717) is 42.6 Å². The van der Waals surface area contributed by atoms with Crippen LogP contribution in [0.3, 0.4) is 0 Å². The molecule has 0 saturated heterocycles. The zero-order chi connectivity index (χ0) is 34.6. The van der Waals surface area contributed by atoms with Gasteiger partial charge in [-0.15, -0.1) is 0 Å². The van der Waals surface area contributed by atoms with E-state index in [9.17, 15) is 14.4 Å². The lowest BCUT2D eigenvalue weighted by Gasteiger charge is -2.67. The van der Waals surface area contributed by atoms with Crippen molar-refractivity contribution in [3.8, 4) is 11.3 Å². The van der Waals surface area contributed by atoms with Crippen LogP contribution in [0, 0.1) is 51.2 Å². The van der Waals surface area contributed by atoms with Crippen LogP contribution in [-0.2, 0) is 25.7 Å². The molecule has 1 aromatic carbocycles. The second kappa shape index (κ2) is 13.0. The summed E-state index contributed by atoms with van der Waals surface area (Å²) in [5, 5.41) is 3.34. The zero-order valence-corrected chi connectivity index (χ0v) is 30.1. The van der Waals surface area contributed by atoms with E-state index in [-0.39, 0.29) is 46.7 Å². The Morgan fingerprint density at radius 3 is 2.49 bits per heavy atom. The van der Waals surface area contributed by atoms with Crippen molar-refractivity contribution in [3.63, 3.8) is 0 Å². The summed E-state index contributed by atoms with van der Waals surface area (Å²) in [5.41, 5.74) is 8.80. The quantitative estimate of drug-likeness (QED) is 0.189. The van der Waals surface area contributed by atoms with Crippen LogP contribution in [0.4, 0.5) is 0 Å². The fourth-order valence-electron chi connectivity index (χ4n) is 12.5. The van der Waals surface area contributed by atoms with Crippen molar-refractivity contribution in [2.75, 3.05) is 0 Å². The number of aldehydes is 1. The first-order valence-electron chi connectivity index (χ1n) is 19.2. The number of amides is 1. The van der Waals surface area contributed by atoms with Gasteiger partial charge in [0.05, 0.1) is 30.3 Å². The van der Waals surface area contributed by atoms with Gasteiger partial charge in [0.15, 0.2) is 0 Å². The highest BCUT2D eigenvalue weighted by atomic mass is 16.5. The number of aromatic amines is 1. The maximum atomic E-state index is 14.2. The van der Waals surface area contributed by atoms with Crippen LogP contribution in [0.15, 0.2) is 36.5 Å². The average Bonchev–Trinajstić information content (AvgIpc) is 3.73. The minimum Gasteiger partial charge on any atom is -0.461 e. The molecule has 266 valence electrons. The Labute approximate surface area is 292 Å². The maximum Gasteiger partial charge on any atom is 0.306 e. The van der Waals surface area contributed by atoms with Gasteiger partial charge < -0.3 is 25.6 Å². The summed E-state index contributed by atoms with van der Waals surface area (Å²) < 4.78 is 6.05. The number of hydrogen-bond donors (Lipinski definition) is 3. The van der Waals surface area contributed by atoms with Gasteiger partial charge in [-0.25, -0.2) is 4.98 Å². The molecule has 5 fully saturated rings. The van der Waals surface area contributed by atoms with E-state index < -0.39 is 5.41 Å². The number of carbonyl (C=O) groups is 3. The Bertz CT molecular complexity index is 1540. The van der Waals surface area contributed by atoms with Gasteiger partial charge in [0.25, 0.3) is 0 Å². The molecular weight excluding hydrogens is 612 g/mol. The molecule has 4 N–H and O–H groups in total. The summed E-state index contributed by atoms with van der Waals surface area (Å²) in [7, 11) is 0. The van der Waals surface area contributed by atoms with Gasteiger partial charge in [-0.3, -0.25) is 9.59 Å². The fraction of sp³-hybridized carbons (Fsp3) is 0.707. The number of H-pyrrole nitrogens is 1. The number of nitrogens with one attached hydrogen (secondary N) is 2. The second-order valence-corrected chi connectivity index (χ2v) is 17.9. The van der Waals surface area contributed by atoms with Gasteiger partial charge in [0.2, 0.25) is 5.91 Å². The molecule has 5 saturated carbocycles. The Morgan fingerprint density at radius 1 is 0.980 bits per heavy atom. The number of nitrogens with zero attached hydrogens (tertiary/aromatic N) is 1. The molecule has 10 unspecified atom stereocenters. The molecule has 0 aliphatic heterocycles. The smallest absolute Gasteiger partial charge is 0.306 e. The molecule has 7 rings (SSSR count). The minimum absolute atomic E-state index is 0.125. The van der Waals surface area contributed by atoms with Crippen LogP contribution in [-0.4, -0.2) is 40.3 Å². The van der Waals surface area contributed by atoms with Crippen molar-refractivity contribution in [3.05, 3.63) is 42.4 Å². The highest BCUT2D eigenvalue weighted by Gasteiger charge is 2.66. The number of nitrogens with two attached hydrogens (primary N) is 1. The number of aromatic nitrogens is 2. The first kappa shape index (κ1) is 34.4. The Hall–Kier alpha value is -3.00. The molecule has 5 aliphatic rings. The van der Waals surface area contributed by atoms with E-state index in [0.717, 1.165) is 81.2 Å². The molecule has 8 nitrogen and oxygen atoms in total. The van der Waals surface area contributed by atoms with Crippen molar-refractivity contribution in [2.45, 2.75) is 130 Å². The molecular formula is C41H58N4O4. The van der Waals surface area contributed by atoms with Gasteiger partial charge in [-0.2, -0.15) is 0 Å². The van der Waals surface area contributed by atoms with Crippen molar-refractivity contribution >= 4 is 18.2 Å². The van der Waals surface area contributed by atoms with Crippen molar-refractivity contribution in [1.29, 1.82) is 0 Å². The predicted molar refractivity (Wildman–Crippen MR) is 190 cm³/mol. The number of benzene rings is 1. The minimum atomic E-state index is -0.402. The monoisotopic (exact) mass is 670 g/mol. The number of fused-ring (bicyclic) bond motifs is 7. The van der Waals surface area contributed by atoms with Crippen molar-refractivity contribution in [1.82, 2.24) is 15.3 Å². The molecule has 0 spiro atoms. The Morgan fingerprint density at radius 2 is 1.71 bits per heavy atom. The largest absolute Gasteiger partial charge is 0.461 e. The maximum absolute atomic E-state index is 14.2. The standard InChI is InChI=1S/C41H58N4O4/c1-38(2,21-22-46)23-35(47)49-32-16-19-40(4)30(36(32)42)14-18-39(3)28-15-20-41(17-8-11-29(41)27(28)12-13-33(39)40)37(48)44-25-34-43-24-31(45-34)26-9-6-5-7-10-26/h5-7,9-10,22,24,27-30,32-33,36H,8,11-21,23,25,42H2,1-4H3,(H,43,45)(H,44,48). The predicted octanol–water partition coefficient (Wildman–Crippen LogP) is 7.38. The van der Waals surface area contributed by atoms with Crippen LogP contribution in [0.1, 0.15) is 117 Å². The van der Waals surface area contributed by atoms with E-state index in [1.807, 2.05) is 38.2 Å². The van der Waals surface area contributed by atoms with Gasteiger partial charge in [-0.05, 0) is 116 Å². The first-order chi connectivity index (χ1) is 23.4. The summed E-state index contributed by atoms with van der Waals surface area (Å²) in [6, 6.07) is 10.0. The third kappa shape index (κ3) is 5.98. The van der Waals surface area contributed by atoms with E-state index >= 15 is 0 Å². The van der Waals surface area contributed by atoms with Gasteiger partial charge >= 0.3 is 5.97 Å². The number of rotatable bonds is 9. The topological polar surface area (TPSA) is 127 Å². The first-order valence-corrected chi connectivity index (χ1v) is 19.2. The SMILES string of the molecule is CC(C)(CC=O)CC(=O)OC1CCC2(C)C(CCC3(C)C4CCC5(C(=O)NCc6ncc(-c7ccccc7)[nH]6)CCCC5C4CCC23)C1N. The zero-order valence-electron chi connectivity index (χ0n) is 30.1. The summed E-state index contributed by atoms with van der Waals surface area (Å²) in [4.78, 5) is 46.2. The third-order valence-corrected chi connectivity index (χ3v) is 14.8. The van der Waals surface area contributed by atoms with Gasteiger partial charge in [0, 0.05) is 12.5 Å². The summed E-state index contributed by atoms with van der Waals surface area (Å²) >= 11 is 0. The van der Waals surface area contributed by atoms with E-state index in [4.69, 9.17) is 10.5 Å². The molecule has 1 heterocycles. The van der Waals surface area contributed by atoms with E-state index in [1.54, 1.807) is 0 Å². The van der Waals surface area contributed by atoms with Crippen molar-refractivity contribution < 1.29 is 19.1 Å². The van der Waals surface area contributed by atoms with Crippen LogP contribution < -0.4 is 11.1 Å². The lowest BCUT2D eigenvalue weighted by Crippen LogP contribution is -2.64. The number of hydrogen-bond acceptors (Lipinski definition) is 6. The van der Waals surface area contributed by atoms with Crippen LogP contribution in [0.2, 0.25) is 0 Å². The van der Waals surface area contributed by atoms with Crippen LogP contribution in [0.25, 0.3) is 11.3 Å². The lowest BCUT2D eigenvalue weighted by atomic mass is 9.38. The molecule has 1 aromatic heterocycles. The molecule has 10 atom stereocenters. The Kier molecular flexibility index (Phi) is 9.11. The number of carbonyl (C=O) groups excluding carboxylic acids is 3. The van der Waals surface area contributed by atoms with Crippen molar-refractivity contribution in [2.24, 2.45) is 57.0 Å². The molecule has 2 aromatic rings. The molecule has 1 amide bonds. The second-order valence-electron chi connectivity index (χ2n) is 17.9. The molecule has 0 bridgehead atoms. The van der Waals surface area contributed by atoms with Crippen LogP contribution in [0.5, 0.6) is 0 Å². The van der Waals surface area contributed by atoms with Gasteiger partial charge in [0.1, 0.15) is 18.2 Å². The molecule has 8 heteroatoms. The summed E-state index contributed by atoms with van der Waals surface area (Å²) in [5.74, 6) is 3.42. The van der Waals surface area contributed by atoms with Gasteiger partial charge in [-0.1, -0.05) is 64.4 Å². The molecule has 0 radical (unpaired) electrons. The highest BCUT2D eigenvalue weighted by molar-refractivity contribution is 5.83. The third-order valence-electron chi connectivity index (χ3n) is 14.8. The van der Waals surface area contributed by atoms with Crippen LogP contribution >= 0.6 is 0 Å². The normalized spacial score (nSPS) is 38.3. The number of ether oxygens (including phenoxy) is 1. The average molecular weight is 671 g/mol. The fourth-order valence-corrected chi connectivity index (χ4v) is 12.5.